The van der Waals surface area contributed by atoms with Gasteiger partial charge < -0.3 is 10.0 Å². The highest BCUT2D eigenvalue weighted by molar-refractivity contribution is 5.67. The van der Waals surface area contributed by atoms with Crippen LogP contribution in [0.3, 0.4) is 0 Å². The molecule has 6 heteroatoms. The quantitative estimate of drug-likeness (QED) is 0.886. The van der Waals surface area contributed by atoms with Crippen molar-refractivity contribution in [3.8, 4) is 0 Å². The van der Waals surface area contributed by atoms with Gasteiger partial charge in [-0.1, -0.05) is 24.3 Å². The van der Waals surface area contributed by atoms with Gasteiger partial charge in [0.25, 0.3) is 0 Å². The lowest BCUT2D eigenvalue weighted by molar-refractivity contribution is -0.136. The van der Waals surface area contributed by atoms with Gasteiger partial charge >= 0.3 is 5.97 Å². The van der Waals surface area contributed by atoms with E-state index >= 15 is 0 Å². The molecule has 1 N–H and O–H groups in total. The summed E-state index contributed by atoms with van der Waals surface area (Å²) in [5, 5.41) is 8.78. The summed E-state index contributed by atoms with van der Waals surface area (Å²) >= 11 is 0. The third-order valence-electron chi connectivity index (χ3n) is 3.17. The third-order valence-corrected chi connectivity index (χ3v) is 3.17. The Morgan fingerprint density at radius 3 is 2.14 bits per heavy atom. The Hall–Kier alpha value is -2.50. The molecule has 0 aromatic heterocycles. The second-order valence-corrected chi connectivity index (χ2v) is 4.73. The maximum absolute atomic E-state index is 13.9. The molecule has 0 atom stereocenters. The minimum absolute atomic E-state index is 0.127. The van der Waals surface area contributed by atoms with Crippen LogP contribution in [0.25, 0.3) is 0 Å². The number of carboxylic acid groups (broad SMARTS) is 1. The van der Waals surface area contributed by atoms with Gasteiger partial charge in [-0.15, -0.1) is 0 Å². The largest absolute Gasteiger partial charge is 0.481 e. The van der Waals surface area contributed by atoms with Crippen molar-refractivity contribution >= 4 is 11.7 Å². The fraction of sp³-hybridized carbons (Fsp3) is 0.188. The van der Waals surface area contributed by atoms with E-state index in [1.807, 2.05) is 0 Å². The average Bonchev–Trinajstić information content (AvgIpc) is 2.46. The van der Waals surface area contributed by atoms with Crippen LogP contribution in [-0.4, -0.2) is 17.6 Å². The van der Waals surface area contributed by atoms with E-state index in [0.717, 1.165) is 12.1 Å². The first-order valence-corrected chi connectivity index (χ1v) is 6.63. The van der Waals surface area contributed by atoms with E-state index in [1.165, 1.54) is 29.2 Å². The molecule has 0 bridgehead atoms. The van der Waals surface area contributed by atoms with E-state index in [2.05, 4.69) is 0 Å². The molecule has 2 aromatic carbocycles. The van der Waals surface area contributed by atoms with Crippen molar-refractivity contribution < 1.29 is 23.1 Å². The molecular weight excluding hydrogens is 295 g/mol. The van der Waals surface area contributed by atoms with Crippen LogP contribution in [0, 0.1) is 17.5 Å². The summed E-state index contributed by atoms with van der Waals surface area (Å²) in [6.45, 7) is -0.265. The molecule has 0 saturated heterocycles. The number of hydrogen-bond acceptors (Lipinski definition) is 2. The number of nitrogens with zero attached hydrogens (tertiary/aromatic N) is 1. The van der Waals surface area contributed by atoms with Crippen molar-refractivity contribution in [3.05, 3.63) is 65.5 Å². The first-order chi connectivity index (χ1) is 10.5. The molecule has 2 rings (SSSR count). The van der Waals surface area contributed by atoms with Gasteiger partial charge in [0.2, 0.25) is 0 Å². The van der Waals surface area contributed by atoms with Crippen LogP contribution in [0.1, 0.15) is 12.0 Å². The van der Waals surface area contributed by atoms with Crippen molar-refractivity contribution in [3.63, 3.8) is 0 Å². The van der Waals surface area contributed by atoms with Gasteiger partial charge in [0.1, 0.15) is 23.1 Å². The fourth-order valence-electron chi connectivity index (χ4n) is 2.12. The fourth-order valence-corrected chi connectivity index (χ4v) is 2.12. The van der Waals surface area contributed by atoms with Gasteiger partial charge in [0.15, 0.2) is 0 Å². The minimum atomic E-state index is -1.10. The van der Waals surface area contributed by atoms with E-state index in [1.54, 1.807) is 6.07 Å². The summed E-state index contributed by atoms with van der Waals surface area (Å²) in [5.41, 5.74) is -0.123. The summed E-state index contributed by atoms with van der Waals surface area (Å²) in [4.78, 5) is 11.9. The number of halogens is 3. The lowest BCUT2D eigenvalue weighted by Gasteiger charge is -2.25. The smallest absolute Gasteiger partial charge is 0.305 e. The summed E-state index contributed by atoms with van der Waals surface area (Å²) in [6, 6.07) is 9.20. The first kappa shape index (κ1) is 15.9. The third kappa shape index (κ3) is 3.78. The molecule has 0 aliphatic rings. The summed E-state index contributed by atoms with van der Waals surface area (Å²) in [6.07, 6.45) is -0.317. The maximum atomic E-state index is 13.9. The number of rotatable bonds is 6. The molecule has 0 aliphatic heterocycles. The Morgan fingerprint density at radius 1 is 0.955 bits per heavy atom. The molecule has 116 valence electrons. The van der Waals surface area contributed by atoms with Gasteiger partial charge in [-0.3, -0.25) is 4.79 Å². The Morgan fingerprint density at radius 2 is 1.55 bits per heavy atom. The standard InChI is InChI=1S/C16H14F3NO2/c17-12-5-2-1-4-11(12)10-20(9-8-15(21)22)16-13(18)6-3-7-14(16)19/h1-7H,8-10H2,(H,21,22). The molecule has 0 heterocycles. The van der Waals surface area contributed by atoms with Crippen LogP contribution in [0.15, 0.2) is 42.5 Å². The Kier molecular flexibility index (Phi) is 5.04. The van der Waals surface area contributed by atoms with E-state index in [-0.39, 0.29) is 30.8 Å². The molecule has 0 saturated carbocycles. The molecule has 2 aromatic rings. The predicted molar refractivity (Wildman–Crippen MR) is 76.1 cm³/mol. The number of hydrogen-bond donors (Lipinski definition) is 1. The van der Waals surface area contributed by atoms with Crippen LogP contribution < -0.4 is 4.90 Å². The number of aliphatic carboxylic acids is 1. The number of para-hydroxylation sites is 1. The highest BCUT2D eigenvalue weighted by atomic mass is 19.1. The molecule has 0 unspecified atom stereocenters. The maximum Gasteiger partial charge on any atom is 0.305 e. The summed E-state index contributed by atoms with van der Waals surface area (Å²) in [5.74, 6) is -3.25. The number of anilines is 1. The lowest BCUT2D eigenvalue weighted by atomic mass is 10.1. The van der Waals surface area contributed by atoms with Crippen molar-refractivity contribution in [1.82, 2.24) is 0 Å². The molecule has 0 fully saturated rings. The highest BCUT2D eigenvalue weighted by Crippen LogP contribution is 2.25. The van der Waals surface area contributed by atoms with Crippen LogP contribution in [-0.2, 0) is 11.3 Å². The molecule has 3 nitrogen and oxygen atoms in total. The zero-order chi connectivity index (χ0) is 16.1. The Balaban J connectivity index is 2.34. The van der Waals surface area contributed by atoms with Crippen molar-refractivity contribution in [2.75, 3.05) is 11.4 Å². The highest BCUT2D eigenvalue weighted by Gasteiger charge is 2.19. The molecule has 22 heavy (non-hydrogen) atoms. The number of carboxylic acids is 1. The van der Waals surface area contributed by atoms with Gasteiger partial charge in [0, 0.05) is 18.7 Å². The van der Waals surface area contributed by atoms with Crippen molar-refractivity contribution in [2.45, 2.75) is 13.0 Å². The molecule has 0 amide bonds. The predicted octanol–water partition coefficient (Wildman–Crippen LogP) is 3.59. The zero-order valence-electron chi connectivity index (χ0n) is 11.6. The number of carbonyl (C=O) groups is 1. The normalized spacial score (nSPS) is 10.5. The van der Waals surface area contributed by atoms with Gasteiger partial charge in [0.05, 0.1) is 6.42 Å². The first-order valence-electron chi connectivity index (χ1n) is 6.63. The average molecular weight is 309 g/mol. The Bertz CT molecular complexity index is 656. The van der Waals surface area contributed by atoms with E-state index in [0.29, 0.717) is 0 Å². The van der Waals surface area contributed by atoms with Crippen LogP contribution >= 0.6 is 0 Å². The van der Waals surface area contributed by atoms with Crippen LogP contribution in [0.2, 0.25) is 0 Å². The van der Waals surface area contributed by atoms with E-state index in [9.17, 15) is 18.0 Å². The van der Waals surface area contributed by atoms with Gasteiger partial charge in [-0.05, 0) is 18.2 Å². The summed E-state index contributed by atoms with van der Waals surface area (Å²) < 4.78 is 41.5. The van der Waals surface area contributed by atoms with Crippen LogP contribution in [0.4, 0.5) is 18.9 Å². The minimum Gasteiger partial charge on any atom is -0.481 e. The molecular formula is C16H14F3NO2. The second-order valence-electron chi connectivity index (χ2n) is 4.73. The van der Waals surface area contributed by atoms with E-state index in [4.69, 9.17) is 5.11 Å². The topological polar surface area (TPSA) is 40.5 Å². The molecule has 0 radical (unpaired) electrons. The zero-order valence-corrected chi connectivity index (χ0v) is 11.6. The Labute approximate surface area is 125 Å². The number of benzene rings is 2. The van der Waals surface area contributed by atoms with Crippen molar-refractivity contribution in [1.29, 1.82) is 0 Å². The van der Waals surface area contributed by atoms with Crippen LogP contribution in [0.5, 0.6) is 0 Å². The summed E-state index contributed by atoms with van der Waals surface area (Å²) in [7, 11) is 0. The van der Waals surface area contributed by atoms with Gasteiger partial charge in [-0.25, -0.2) is 13.2 Å². The van der Waals surface area contributed by atoms with Crippen molar-refractivity contribution in [2.24, 2.45) is 0 Å². The monoisotopic (exact) mass is 309 g/mol. The second kappa shape index (κ2) is 6.98. The van der Waals surface area contributed by atoms with Gasteiger partial charge in [-0.2, -0.15) is 0 Å². The molecule has 0 spiro atoms. The molecule has 0 aliphatic carbocycles. The lowest BCUT2D eigenvalue weighted by Crippen LogP contribution is -2.28. The SMILES string of the molecule is O=C(O)CCN(Cc1ccccc1F)c1c(F)cccc1F. The van der Waals surface area contributed by atoms with E-state index < -0.39 is 23.4 Å².